The van der Waals surface area contributed by atoms with Crippen LogP contribution in [0.1, 0.15) is 15.9 Å². The minimum Gasteiger partial charge on any atom is -0.339 e. The zero-order chi connectivity index (χ0) is 18.7. The summed E-state index contributed by atoms with van der Waals surface area (Å²) in [6.45, 7) is 2.01. The highest BCUT2D eigenvalue weighted by Crippen LogP contribution is 2.23. The summed E-state index contributed by atoms with van der Waals surface area (Å²) in [5.74, 6) is -0.0534. The molecule has 136 valence electrons. The van der Waals surface area contributed by atoms with Gasteiger partial charge in [0.25, 0.3) is 5.91 Å². The van der Waals surface area contributed by atoms with E-state index in [0.717, 1.165) is 5.56 Å². The molecular formula is C19H17Cl3N2O2. The molecule has 2 aromatic carbocycles. The summed E-state index contributed by atoms with van der Waals surface area (Å²) in [6.07, 6.45) is 0.331. The first-order valence-electron chi connectivity index (χ1n) is 8.20. The van der Waals surface area contributed by atoms with E-state index in [1.54, 1.807) is 40.1 Å². The number of hydrogen-bond acceptors (Lipinski definition) is 2. The van der Waals surface area contributed by atoms with Crippen molar-refractivity contribution in [2.45, 2.75) is 6.42 Å². The molecule has 3 rings (SSSR count). The molecule has 2 aromatic rings. The predicted molar refractivity (Wildman–Crippen MR) is 104 cm³/mol. The molecule has 0 saturated carbocycles. The minimum atomic E-state index is -0.103. The molecular weight excluding hydrogens is 395 g/mol. The van der Waals surface area contributed by atoms with Gasteiger partial charge in [0.2, 0.25) is 5.91 Å². The molecule has 0 aromatic heterocycles. The number of hydrogen-bond donors (Lipinski definition) is 0. The number of nitrogens with zero attached hydrogens (tertiary/aromatic N) is 2. The molecule has 0 atom stereocenters. The molecule has 0 radical (unpaired) electrons. The van der Waals surface area contributed by atoms with Crippen LogP contribution in [0.4, 0.5) is 0 Å². The fourth-order valence-electron chi connectivity index (χ4n) is 2.86. The first kappa shape index (κ1) is 19.0. The highest BCUT2D eigenvalue weighted by Gasteiger charge is 2.25. The minimum absolute atomic E-state index is 0.0500. The van der Waals surface area contributed by atoms with Crippen molar-refractivity contribution in [3.05, 3.63) is 68.7 Å². The summed E-state index contributed by atoms with van der Waals surface area (Å²) >= 11 is 17.7. The van der Waals surface area contributed by atoms with Crippen LogP contribution in [0.15, 0.2) is 42.5 Å². The largest absolute Gasteiger partial charge is 0.339 e. The molecule has 0 unspecified atom stereocenters. The molecule has 0 aliphatic carbocycles. The fraction of sp³-hybridized carbons (Fsp3) is 0.263. The maximum Gasteiger partial charge on any atom is 0.254 e. The van der Waals surface area contributed by atoms with Crippen molar-refractivity contribution in [2.24, 2.45) is 0 Å². The molecule has 1 fully saturated rings. The van der Waals surface area contributed by atoms with Gasteiger partial charge in [-0.2, -0.15) is 0 Å². The van der Waals surface area contributed by atoms with Crippen LogP contribution in [-0.2, 0) is 11.2 Å². The topological polar surface area (TPSA) is 40.6 Å². The Bertz CT molecular complexity index is 816. The Labute approximate surface area is 167 Å². The molecule has 2 amide bonds. The third-order valence-corrected chi connectivity index (χ3v) is 5.35. The second kappa shape index (κ2) is 8.30. The number of halogens is 3. The van der Waals surface area contributed by atoms with E-state index in [1.165, 1.54) is 0 Å². The van der Waals surface area contributed by atoms with Gasteiger partial charge >= 0.3 is 0 Å². The summed E-state index contributed by atoms with van der Waals surface area (Å²) < 4.78 is 0. The summed E-state index contributed by atoms with van der Waals surface area (Å²) in [6, 6.07) is 12.1. The Morgan fingerprint density at radius 2 is 1.42 bits per heavy atom. The Morgan fingerprint density at radius 1 is 0.808 bits per heavy atom. The predicted octanol–water partition coefficient (Wildman–Crippen LogP) is 4.17. The van der Waals surface area contributed by atoms with Gasteiger partial charge in [-0.1, -0.05) is 46.9 Å². The Kier molecular flexibility index (Phi) is 6.07. The highest BCUT2D eigenvalue weighted by molar-refractivity contribution is 6.42. The average Bonchev–Trinajstić information content (AvgIpc) is 2.65. The molecule has 0 N–H and O–H groups in total. The number of piperazine rings is 1. The van der Waals surface area contributed by atoms with Gasteiger partial charge in [-0.25, -0.2) is 0 Å². The van der Waals surface area contributed by atoms with Gasteiger partial charge in [-0.05, 0) is 35.9 Å². The van der Waals surface area contributed by atoms with E-state index in [1.807, 2.05) is 12.1 Å². The van der Waals surface area contributed by atoms with Crippen LogP contribution in [0.5, 0.6) is 0 Å². The van der Waals surface area contributed by atoms with Gasteiger partial charge in [0.15, 0.2) is 0 Å². The van der Waals surface area contributed by atoms with Crippen LogP contribution >= 0.6 is 34.8 Å². The molecule has 0 spiro atoms. The Balaban J connectivity index is 1.56. The van der Waals surface area contributed by atoms with Gasteiger partial charge in [0.05, 0.1) is 16.5 Å². The Morgan fingerprint density at radius 3 is 2.04 bits per heavy atom. The van der Waals surface area contributed by atoms with E-state index in [-0.39, 0.29) is 11.8 Å². The van der Waals surface area contributed by atoms with Crippen LogP contribution in [0.2, 0.25) is 15.1 Å². The second-order valence-corrected chi connectivity index (χ2v) is 7.36. The summed E-state index contributed by atoms with van der Waals surface area (Å²) in [7, 11) is 0. The maximum absolute atomic E-state index is 12.6. The van der Waals surface area contributed by atoms with Crippen molar-refractivity contribution in [1.29, 1.82) is 0 Å². The zero-order valence-electron chi connectivity index (χ0n) is 13.9. The quantitative estimate of drug-likeness (QED) is 0.760. The first-order chi connectivity index (χ1) is 12.4. The van der Waals surface area contributed by atoms with Crippen LogP contribution in [-0.4, -0.2) is 47.8 Å². The molecule has 0 bridgehead atoms. The van der Waals surface area contributed by atoms with E-state index in [0.29, 0.717) is 53.2 Å². The van der Waals surface area contributed by atoms with E-state index in [4.69, 9.17) is 34.8 Å². The van der Waals surface area contributed by atoms with Gasteiger partial charge in [0, 0.05) is 36.8 Å². The van der Waals surface area contributed by atoms with Crippen LogP contribution in [0, 0.1) is 0 Å². The average molecular weight is 412 g/mol. The Hall–Kier alpha value is -1.75. The number of carbonyl (C=O) groups excluding carboxylic acids is 2. The first-order valence-corrected chi connectivity index (χ1v) is 9.34. The smallest absolute Gasteiger partial charge is 0.254 e. The molecule has 26 heavy (non-hydrogen) atoms. The van der Waals surface area contributed by atoms with Crippen LogP contribution < -0.4 is 0 Å². The number of amides is 2. The van der Waals surface area contributed by atoms with Crippen LogP contribution in [0.25, 0.3) is 0 Å². The van der Waals surface area contributed by atoms with Crippen molar-refractivity contribution >= 4 is 46.6 Å². The van der Waals surface area contributed by atoms with Crippen molar-refractivity contribution in [3.8, 4) is 0 Å². The van der Waals surface area contributed by atoms with Crippen molar-refractivity contribution in [2.75, 3.05) is 26.2 Å². The van der Waals surface area contributed by atoms with Gasteiger partial charge < -0.3 is 9.80 Å². The molecule has 7 heteroatoms. The number of carbonyl (C=O) groups is 2. The van der Waals surface area contributed by atoms with Crippen molar-refractivity contribution < 1.29 is 9.59 Å². The zero-order valence-corrected chi connectivity index (χ0v) is 16.2. The number of benzene rings is 2. The lowest BCUT2D eigenvalue weighted by Gasteiger charge is -2.35. The lowest BCUT2D eigenvalue weighted by molar-refractivity contribution is -0.131. The summed E-state index contributed by atoms with van der Waals surface area (Å²) in [5, 5.41) is 1.42. The van der Waals surface area contributed by atoms with Gasteiger partial charge in [-0.3, -0.25) is 9.59 Å². The van der Waals surface area contributed by atoms with E-state index in [9.17, 15) is 9.59 Å². The van der Waals surface area contributed by atoms with Gasteiger partial charge in [0.1, 0.15) is 0 Å². The van der Waals surface area contributed by atoms with E-state index < -0.39 is 0 Å². The highest BCUT2D eigenvalue weighted by atomic mass is 35.5. The van der Waals surface area contributed by atoms with Crippen molar-refractivity contribution in [3.63, 3.8) is 0 Å². The monoisotopic (exact) mass is 410 g/mol. The summed E-state index contributed by atoms with van der Waals surface area (Å²) in [5.41, 5.74) is 1.43. The molecule has 1 saturated heterocycles. The summed E-state index contributed by atoms with van der Waals surface area (Å²) in [4.78, 5) is 28.5. The lowest BCUT2D eigenvalue weighted by Crippen LogP contribution is -2.51. The van der Waals surface area contributed by atoms with Crippen LogP contribution in [0.3, 0.4) is 0 Å². The standard InChI is InChI=1S/C19H17Cl3N2O2/c20-15-4-1-13(2-5-15)11-18(25)23-7-9-24(10-8-23)19(26)14-3-6-16(21)17(22)12-14/h1-6,12H,7-11H2. The van der Waals surface area contributed by atoms with Crippen molar-refractivity contribution in [1.82, 2.24) is 9.80 Å². The third kappa shape index (κ3) is 4.50. The fourth-order valence-corrected chi connectivity index (χ4v) is 3.28. The second-order valence-electron chi connectivity index (χ2n) is 6.11. The number of rotatable bonds is 3. The molecule has 1 aliphatic heterocycles. The molecule has 1 aliphatic rings. The SMILES string of the molecule is O=C(Cc1ccc(Cl)cc1)N1CCN(C(=O)c2ccc(Cl)c(Cl)c2)CC1. The lowest BCUT2D eigenvalue weighted by atomic mass is 10.1. The van der Waals surface area contributed by atoms with Gasteiger partial charge in [-0.15, -0.1) is 0 Å². The molecule has 4 nitrogen and oxygen atoms in total. The third-order valence-electron chi connectivity index (χ3n) is 4.35. The normalized spacial score (nSPS) is 14.4. The van der Waals surface area contributed by atoms with E-state index >= 15 is 0 Å². The maximum atomic E-state index is 12.6. The van der Waals surface area contributed by atoms with E-state index in [2.05, 4.69) is 0 Å². The molecule has 1 heterocycles.